The Bertz CT molecular complexity index is 504. The molecule has 2 rings (SSSR count). The third kappa shape index (κ3) is 2.98. The van der Waals surface area contributed by atoms with E-state index in [9.17, 15) is 4.79 Å². The zero-order chi connectivity index (χ0) is 13.0. The summed E-state index contributed by atoms with van der Waals surface area (Å²) >= 11 is 0. The van der Waals surface area contributed by atoms with Gasteiger partial charge in [0.25, 0.3) is 5.91 Å². The van der Waals surface area contributed by atoms with Gasteiger partial charge in [-0.2, -0.15) is 0 Å². The van der Waals surface area contributed by atoms with Crippen LogP contribution < -0.4 is 11.1 Å². The molecule has 0 bridgehead atoms. The molecule has 0 radical (unpaired) electrons. The number of nitrogens with zero attached hydrogens (tertiary/aromatic N) is 2. The molecule has 0 aliphatic carbocycles. The Morgan fingerprint density at radius 1 is 1.61 bits per heavy atom. The van der Waals surface area contributed by atoms with Crippen LogP contribution in [0.2, 0.25) is 0 Å². The fourth-order valence-corrected chi connectivity index (χ4v) is 1.66. The van der Waals surface area contributed by atoms with Gasteiger partial charge in [-0.3, -0.25) is 4.79 Å². The van der Waals surface area contributed by atoms with Crippen molar-refractivity contribution in [2.24, 2.45) is 5.73 Å². The largest absolute Gasteiger partial charge is 0.455 e. The maximum absolute atomic E-state index is 11.8. The van der Waals surface area contributed by atoms with E-state index >= 15 is 0 Å². The number of amides is 1. The highest BCUT2D eigenvalue weighted by atomic mass is 16.4. The van der Waals surface area contributed by atoms with Crippen molar-refractivity contribution in [3.05, 3.63) is 42.4 Å². The molecule has 1 atom stereocenters. The summed E-state index contributed by atoms with van der Waals surface area (Å²) in [4.78, 5) is 15.8. The second-order valence-electron chi connectivity index (χ2n) is 4.10. The van der Waals surface area contributed by atoms with Crippen molar-refractivity contribution in [3.63, 3.8) is 0 Å². The molecule has 1 amide bonds. The number of nitrogens with two attached hydrogens (primary N) is 1. The maximum Gasteiger partial charge on any atom is 0.287 e. The molecule has 0 aliphatic rings. The summed E-state index contributed by atoms with van der Waals surface area (Å²) < 4.78 is 7.18. The summed E-state index contributed by atoms with van der Waals surface area (Å²) in [6.07, 6.45) is 5.26. The Kier molecular flexibility index (Phi) is 3.78. The molecule has 18 heavy (non-hydrogen) atoms. The van der Waals surface area contributed by atoms with Crippen LogP contribution in [0.15, 0.2) is 35.3 Å². The highest BCUT2D eigenvalue weighted by Gasteiger charge is 2.13. The summed E-state index contributed by atoms with van der Waals surface area (Å²) in [7, 11) is 0. The van der Waals surface area contributed by atoms with E-state index in [1.807, 2.05) is 17.7 Å². The topological polar surface area (TPSA) is 86.1 Å². The van der Waals surface area contributed by atoms with Gasteiger partial charge in [-0.25, -0.2) is 4.98 Å². The predicted molar refractivity (Wildman–Crippen MR) is 65.8 cm³/mol. The van der Waals surface area contributed by atoms with Gasteiger partial charge in [0.1, 0.15) is 5.76 Å². The van der Waals surface area contributed by atoms with Gasteiger partial charge in [0.2, 0.25) is 0 Å². The lowest BCUT2D eigenvalue weighted by Crippen LogP contribution is -2.35. The number of carbonyl (C=O) groups is 1. The SMILES string of the molecule is CC(Cn1ccnc1)NC(=O)c1ccc(CN)o1. The van der Waals surface area contributed by atoms with Gasteiger partial charge in [0.15, 0.2) is 5.76 Å². The van der Waals surface area contributed by atoms with Crippen LogP contribution in [0, 0.1) is 0 Å². The minimum absolute atomic E-state index is 0.0156. The summed E-state index contributed by atoms with van der Waals surface area (Å²) in [5.41, 5.74) is 5.42. The van der Waals surface area contributed by atoms with Gasteiger partial charge >= 0.3 is 0 Å². The molecule has 0 spiro atoms. The minimum atomic E-state index is -0.234. The van der Waals surface area contributed by atoms with Crippen LogP contribution in [0.4, 0.5) is 0 Å². The van der Waals surface area contributed by atoms with Crippen molar-refractivity contribution in [3.8, 4) is 0 Å². The number of imidazole rings is 1. The molecule has 3 N–H and O–H groups in total. The first kappa shape index (κ1) is 12.4. The fraction of sp³-hybridized carbons (Fsp3) is 0.333. The third-order valence-corrected chi connectivity index (χ3v) is 2.51. The molecule has 0 saturated carbocycles. The number of rotatable bonds is 5. The number of carbonyl (C=O) groups excluding carboxylic acids is 1. The number of hydrogen-bond acceptors (Lipinski definition) is 4. The van der Waals surface area contributed by atoms with Crippen LogP contribution >= 0.6 is 0 Å². The molecule has 0 fully saturated rings. The van der Waals surface area contributed by atoms with Gasteiger partial charge in [-0.15, -0.1) is 0 Å². The molecular weight excluding hydrogens is 232 g/mol. The van der Waals surface area contributed by atoms with Crippen molar-refractivity contribution in [2.75, 3.05) is 0 Å². The fourth-order valence-electron chi connectivity index (χ4n) is 1.66. The normalized spacial score (nSPS) is 12.3. The average Bonchev–Trinajstić information content (AvgIpc) is 2.98. The van der Waals surface area contributed by atoms with Crippen molar-refractivity contribution < 1.29 is 9.21 Å². The van der Waals surface area contributed by atoms with E-state index in [2.05, 4.69) is 10.3 Å². The molecule has 0 aromatic carbocycles. The lowest BCUT2D eigenvalue weighted by molar-refractivity contribution is 0.0907. The third-order valence-electron chi connectivity index (χ3n) is 2.51. The molecule has 2 aromatic heterocycles. The summed E-state index contributed by atoms with van der Waals surface area (Å²) in [5.74, 6) is 0.651. The van der Waals surface area contributed by atoms with E-state index in [1.165, 1.54) is 0 Å². The molecule has 6 nitrogen and oxygen atoms in total. The van der Waals surface area contributed by atoms with Crippen LogP contribution in [0.25, 0.3) is 0 Å². The van der Waals surface area contributed by atoms with Crippen LogP contribution in [-0.4, -0.2) is 21.5 Å². The molecule has 6 heteroatoms. The smallest absolute Gasteiger partial charge is 0.287 e. The van der Waals surface area contributed by atoms with Crippen molar-refractivity contribution in [1.82, 2.24) is 14.9 Å². The zero-order valence-corrected chi connectivity index (χ0v) is 10.2. The van der Waals surface area contributed by atoms with E-state index in [1.54, 1.807) is 24.7 Å². The molecule has 96 valence electrons. The van der Waals surface area contributed by atoms with E-state index in [-0.39, 0.29) is 24.3 Å². The molecule has 1 unspecified atom stereocenters. The lowest BCUT2D eigenvalue weighted by atomic mass is 10.3. The van der Waals surface area contributed by atoms with E-state index in [4.69, 9.17) is 10.2 Å². The predicted octanol–water partition coefficient (Wildman–Crippen LogP) is 0.753. The van der Waals surface area contributed by atoms with Crippen LogP contribution in [0.1, 0.15) is 23.2 Å². The number of furan rings is 1. The first-order valence-corrected chi connectivity index (χ1v) is 5.74. The summed E-state index contributed by atoms with van der Waals surface area (Å²) in [6.45, 7) is 2.87. The second kappa shape index (κ2) is 5.50. The molecule has 0 saturated heterocycles. The number of nitrogens with one attached hydrogen (secondary N) is 1. The minimum Gasteiger partial charge on any atom is -0.455 e. The Labute approximate surface area is 105 Å². The van der Waals surface area contributed by atoms with Crippen molar-refractivity contribution in [1.29, 1.82) is 0 Å². The number of hydrogen-bond donors (Lipinski definition) is 2. The second-order valence-corrected chi connectivity index (χ2v) is 4.10. The Morgan fingerprint density at radius 3 is 3.06 bits per heavy atom. The average molecular weight is 248 g/mol. The number of aromatic nitrogens is 2. The molecule has 0 aliphatic heterocycles. The molecule has 2 aromatic rings. The zero-order valence-electron chi connectivity index (χ0n) is 10.2. The Balaban J connectivity index is 1.90. The highest BCUT2D eigenvalue weighted by molar-refractivity contribution is 5.91. The standard InChI is InChI=1S/C12H16N4O2/c1-9(7-16-5-4-14-8-16)15-12(17)11-3-2-10(6-13)18-11/h2-5,8-9H,6-7,13H2,1H3,(H,15,17). The molecule has 2 heterocycles. The van der Waals surface area contributed by atoms with Gasteiger partial charge in [0.05, 0.1) is 12.9 Å². The van der Waals surface area contributed by atoms with Gasteiger partial charge in [-0.05, 0) is 19.1 Å². The first-order chi connectivity index (χ1) is 8.69. The van der Waals surface area contributed by atoms with Gasteiger partial charge in [0, 0.05) is 25.0 Å². The van der Waals surface area contributed by atoms with E-state index < -0.39 is 0 Å². The lowest BCUT2D eigenvalue weighted by Gasteiger charge is -2.13. The van der Waals surface area contributed by atoms with E-state index in [0.29, 0.717) is 12.3 Å². The summed E-state index contributed by atoms with van der Waals surface area (Å²) in [5, 5.41) is 2.85. The molecular formula is C12H16N4O2. The first-order valence-electron chi connectivity index (χ1n) is 5.74. The maximum atomic E-state index is 11.8. The highest BCUT2D eigenvalue weighted by Crippen LogP contribution is 2.07. The Hall–Kier alpha value is -2.08. The van der Waals surface area contributed by atoms with Gasteiger partial charge < -0.3 is 20.0 Å². The van der Waals surface area contributed by atoms with Crippen LogP contribution in [0.3, 0.4) is 0 Å². The van der Waals surface area contributed by atoms with Crippen LogP contribution in [-0.2, 0) is 13.1 Å². The van der Waals surface area contributed by atoms with Gasteiger partial charge in [-0.1, -0.05) is 0 Å². The van der Waals surface area contributed by atoms with Crippen molar-refractivity contribution in [2.45, 2.75) is 26.1 Å². The van der Waals surface area contributed by atoms with Crippen molar-refractivity contribution >= 4 is 5.91 Å². The summed E-state index contributed by atoms with van der Waals surface area (Å²) in [6, 6.07) is 3.31. The van der Waals surface area contributed by atoms with E-state index in [0.717, 1.165) is 0 Å². The Morgan fingerprint density at radius 2 is 2.44 bits per heavy atom. The van der Waals surface area contributed by atoms with Crippen LogP contribution in [0.5, 0.6) is 0 Å². The monoisotopic (exact) mass is 248 g/mol. The quantitative estimate of drug-likeness (QED) is 0.817.